The minimum Gasteiger partial charge on any atom is -0.393 e. The first-order valence-electron chi connectivity index (χ1n) is 4.21. The summed E-state index contributed by atoms with van der Waals surface area (Å²) >= 11 is 0. The van der Waals surface area contributed by atoms with Crippen LogP contribution in [0.3, 0.4) is 0 Å². The third-order valence-electron chi connectivity index (χ3n) is 2.42. The van der Waals surface area contributed by atoms with Gasteiger partial charge in [-0.25, -0.2) is 0 Å². The van der Waals surface area contributed by atoms with Gasteiger partial charge in [0.1, 0.15) is 0 Å². The summed E-state index contributed by atoms with van der Waals surface area (Å²) in [6, 6.07) is 0. The maximum Gasteiger partial charge on any atom is 0.0573 e. The van der Waals surface area contributed by atoms with E-state index in [4.69, 9.17) is 11.5 Å². The molecule has 0 saturated heterocycles. The van der Waals surface area contributed by atoms with Crippen LogP contribution in [-0.2, 0) is 0 Å². The molecule has 1 heteroatoms. The monoisotopic (exact) mass is 152 g/mol. The molecule has 62 valence electrons. The molecule has 1 fully saturated rings. The van der Waals surface area contributed by atoms with Gasteiger partial charge in [0.15, 0.2) is 0 Å². The minimum absolute atomic E-state index is 0.0162. The average molecular weight is 152 g/mol. The highest BCUT2D eigenvalue weighted by Crippen LogP contribution is 2.37. The Labute approximate surface area is 68.8 Å². The van der Waals surface area contributed by atoms with Gasteiger partial charge < -0.3 is 5.11 Å². The van der Waals surface area contributed by atoms with Crippen molar-refractivity contribution in [3.05, 3.63) is 0 Å². The Kier molecular flexibility index (Phi) is 2.25. The van der Waals surface area contributed by atoms with Crippen molar-refractivity contribution in [2.24, 2.45) is 11.3 Å². The zero-order valence-electron chi connectivity index (χ0n) is 7.30. The summed E-state index contributed by atoms with van der Waals surface area (Å²) in [6.45, 7) is 4.14. The molecule has 1 saturated carbocycles. The first kappa shape index (κ1) is 8.62. The fourth-order valence-electron chi connectivity index (χ4n) is 1.16. The molecule has 0 aliphatic heterocycles. The number of terminal acetylenes is 1. The molecule has 1 aliphatic rings. The Hall–Kier alpha value is -0.480. The first-order valence-corrected chi connectivity index (χ1v) is 4.21. The summed E-state index contributed by atoms with van der Waals surface area (Å²) in [6.07, 6.45) is 8.41. The fourth-order valence-corrected chi connectivity index (χ4v) is 1.16. The Morgan fingerprint density at radius 1 is 1.64 bits per heavy atom. The van der Waals surface area contributed by atoms with E-state index < -0.39 is 0 Å². The van der Waals surface area contributed by atoms with E-state index in [0.29, 0.717) is 5.92 Å². The molecule has 0 heterocycles. The molecule has 0 aromatic rings. The standard InChI is InChI=1S/C10H16O/c1-4-10(2,3)6-5-8-7-9(8)11/h1,8-9,11H,5-7H2,2-3H3/t8-,9-/m1/s1. The molecular formula is C10H16O. The third kappa shape index (κ3) is 2.55. The second-order valence-corrected chi connectivity index (χ2v) is 4.13. The van der Waals surface area contributed by atoms with Gasteiger partial charge >= 0.3 is 0 Å². The molecule has 1 nitrogen and oxygen atoms in total. The van der Waals surface area contributed by atoms with Gasteiger partial charge in [0.25, 0.3) is 0 Å². The lowest BCUT2D eigenvalue weighted by Crippen LogP contribution is -2.08. The minimum atomic E-state index is -0.0245. The van der Waals surface area contributed by atoms with Crippen molar-refractivity contribution in [2.75, 3.05) is 0 Å². The van der Waals surface area contributed by atoms with E-state index in [1.165, 1.54) is 0 Å². The van der Waals surface area contributed by atoms with Gasteiger partial charge in [0.05, 0.1) is 6.10 Å². The lowest BCUT2D eigenvalue weighted by molar-refractivity contribution is 0.251. The van der Waals surface area contributed by atoms with Crippen molar-refractivity contribution in [1.29, 1.82) is 0 Å². The highest BCUT2D eigenvalue weighted by molar-refractivity contribution is 5.01. The quantitative estimate of drug-likeness (QED) is 0.611. The number of aliphatic hydroxyl groups excluding tert-OH is 1. The van der Waals surface area contributed by atoms with Crippen LogP contribution in [-0.4, -0.2) is 11.2 Å². The van der Waals surface area contributed by atoms with E-state index in [1.807, 2.05) is 0 Å². The Morgan fingerprint density at radius 2 is 2.18 bits per heavy atom. The van der Waals surface area contributed by atoms with Crippen LogP contribution in [0.4, 0.5) is 0 Å². The van der Waals surface area contributed by atoms with Crippen LogP contribution in [0.25, 0.3) is 0 Å². The highest BCUT2D eigenvalue weighted by Gasteiger charge is 2.35. The molecule has 0 aromatic carbocycles. The van der Waals surface area contributed by atoms with E-state index in [0.717, 1.165) is 19.3 Å². The van der Waals surface area contributed by atoms with Crippen LogP contribution in [0.1, 0.15) is 33.1 Å². The van der Waals surface area contributed by atoms with Crippen LogP contribution in [0.2, 0.25) is 0 Å². The Balaban J connectivity index is 2.18. The summed E-state index contributed by atoms with van der Waals surface area (Å²) in [5.74, 6) is 3.30. The molecule has 2 atom stereocenters. The van der Waals surface area contributed by atoms with E-state index in [-0.39, 0.29) is 11.5 Å². The normalized spacial score (nSPS) is 29.6. The number of hydrogen-bond donors (Lipinski definition) is 1. The highest BCUT2D eigenvalue weighted by atomic mass is 16.3. The molecule has 0 amide bonds. The molecule has 0 bridgehead atoms. The van der Waals surface area contributed by atoms with Crippen molar-refractivity contribution in [1.82, 2.24) is 0 Å². The smallest absolute Gasteiger partial charge is 0.0573 e. The average Bonchev–Trinajstić information content (AvgIpc) is 2.63. The van der Waals surface area contributed by atoms with E-state index >= 15 is 0 Å². The first-order chi connectivity index (χ1) is 5.05. The number of rotatable bonds is 3. The lowest BCUT2D eigenvalue weighted by atomic mass is 9.88. The Morgan fingerprint density at radius 3 is 2.55 bits per heavy atom. The molecule has 1 aliphatic carbocycles. The van der Waals surface area contributed by atoms with Crippen molar-refractivity contribution in [2.45, 2.75) is 39.2 Å². The fraction of sp³-hybridized carbons (Fsp3) is 0.800. The molecule has 1 N–H and O–H groups in total. The van der Waals surface area contributed by atoms with Gasteiger partial charge in [-0.1, -0.05) is 0 Å². The lowest BCUT2D eigenvalue weighted by Gasteiger charge is -2.16. The van der Waals surface area contributed by atoms with Gasteiger partial charge in [-0.2, -0.15) is 0 Å². The van der Waals surface area contributed by atoms with Gasteiger partial charge in [0.2, 0.25) is 0 Å². The molecule has 0 spiro atoms. The van der Waals surface area contributed by atoms with Gasteiger partial charge in [-0.05, 0) is 39.0 Å². The maximum absolute atomic E-state index is 9.04. The molecule has 0 aromatic heterocycles. The van der Waals surface area contributed by atoms with E-state index in [9.17, 15) is 0 Å². The van der Waals surface area contributed by atoms with Crippen LogP contribution in [0.5, 0.6) is 0 Å². The summed E-state index contributed by atoms with van der Waals surface area (Å²) in [5, 5.41) is 9.04. The molecular weight excluding hydrogens is 136 g/mol. The van der Waals surface area contributed by atoms with Crippen molar-refractivity contribution >= 4 is 0 Å². The van der Waals surface area contributed by atoms with Gasteiger partial charge in [0, 0.05) is 5.41 Å². The predicted molar refractivity (Wildman–Crippen MR) is 46.0 cm³/mol. The summed E-state index contributed by atoms with van der Waals surface area (Å²) in [5.41, 5.74) is 0.0162. The van der Waals surface area contributed by atoms with Gasteiger partial charge in [-0.3, -0.25) is 0 Å². The third-order valence-corrected chi connectivity index (χ3v) is 2.42. The van der Waals surface area contributed by atoms with Crippen LogP contribution in [0.15, 0.2) is 0 Å². The number of hydrogen-bond acceptors (Lipinski definition) is 1. The van der Waals surface area contributed by atoms with Crippen LogP contribution < -0.4 is 0 Å². The second kappa shape index (κ2) is 2.87. The molecule has 0 radical (unpaired) electrons. The predicted octanol–water partition coefficient (Wildman–Crippen LogP) is 1.81. The van der Waals surface area contributed by atoms with Crippen LogP contribution in [0, 0.1) is 23.7 Å². The summed E-state index contributed by atoms with van der Waals surface area (Å²) in [7, 11) is 0. The zero-order valence-corrected chi connectivity index (χ0v) is 7.30. The Bertz CT molecular complexity index is 176. The van der Waals surface area contributed by atoms with Crippen molar-refractivity contribution < 1.29 is 5.11 Å². The van der Waals surface area contributed by atoms with Crippen molar-refractivity contribution in [3.63, 3.8) is 0 Å². The van der Waals surface area contributed by atoms with Crippen LogP contribution >= 0.6 is 0 Å². The number of aliphatic hydroxyl groups is 1. The second-order valence-electron chi connectivity index (χ2n) is 4.13. The molecule has 1 rings (SSSR count). The van der Waals surface area contributed by atoms with Gasteiger partial charge in [-0.15, -0.1) is 12.3 Å². The molecule has 11 heavy (non-hydrogen) atoms. The van der Waals surface area contributed by atoms with Crippen molar-refractivity contribution in [3.8, 4) is 12.3 Å². The largest absolute Gasteiger partial charge is 0.393 e. The molecule has 0 unspecified atom stereocenters. The topological polar surface area (TPSA) is 20.2 Å². The maximum atomic E-state index is 9.04. The summed E-state index contributed by atoms with van der Waals surface area (Å²) < 4.78 is 0. The SMILES string of the molecule is C#CC(C)(C)CC[C@@H]1C[C@H]1O. The van der Waals surface area contributed by atoms with E-state index in [1.54, 1.807) is 0 Å². The summed E-state index contributed by atoms with van der Waals surface area (Å²) in [4.78, 5) is 0. The zero-order chi connectivity index (χ0) is 8.48. The van der Waals surface area contributed by atoms with E-state index in [2.05, 4.69) is 19.8 Å².